The lowest BCUT2D eigenvalue weighted by atomic mass is 10.3. The highest BCUT2D eigenvalue weighted by atomic mass is 16.1. The van der Waals surface area contributed by atoms with Crippen molar-refractivity contribution in [2.75, 3.05) is 0 Å². The van der Waals surface area contributed by atoms with E-state index in [1.165, 1.54) is 4.68 Å². The van der Waals surface area contributed by atoms with Gasteiger partial charge < -0.3 is 0 Å². The van der Waals surface area contributed by atoms with Gasteiger partial charge in [-0.25, -0.2) is 9.67 Å². The molecule has 0 fully saturated rings. The van der Waals surface area contributed by atoms with Crippen molar-refractivity contribution in [3.8, 4) is 5.82 Å². The van der Waals surface area contributed by atoms with E-state index in [9.17, 15) is 4.79 Å². The number of nitrogens with zero attached hydrogens (tertiary/aromatic N) is 2. The molecular formula is C10H11N3O. The van der Waals surface area contributed by atoms with Crippen LogP contribution >= 0.6 is 0 Å². The highest BCUT2D eigenvalue weighted by Gasteiger charge is 2.05. The van der Waals surface area contributed by atoms with Gasteiger partial charge >= 0.3 is 0 Å². The predicted octanol–water partition coefficient (Wildman–Crippen LogP) is 1.18. The summed E-state index contributed by atoms with van der Waals surface area (Å²) in [5.41, 5.74) is 1.72. The van der Waals surface area contributed by atoms with E-state index in [2.05, 4.69) is 10.1 Å². The van der Waals surface area contributed by atoms with Gasteiger partial charge in [0.05, 0.1) is 0 Å². The Hall–Kier alpha value is -1.84. The Labute approximate surface area is 81.2 Å². The molecule has 0 spiro atoms. The quantitative estimate of drug-likeness (QED) is 0.732. The standard InChI is InChI=1S/C10H11N3O/c1-7-4-3-5-11-10(7)13-9(14)6-8(2)12-13/h3-6,12H,1-2H3. The van der Waals surface area contributed by atoms with Crippen LogP contribution in [-0.4, -0.2) is 14.8 Å². The van der Waals surface area contributed by atoms with Gasteiger partial charge in [0.15, 0.2) is 5.82 Å². The number of aryl methyl sites for hydroxylation is 2. The van der Waals surface area contributed by atoms with E-state index in [4.69, 9.17) is 0 Å². The van der Waals surface area contributed by atoms with Crippen LogP contribution in [0.3, 0.4) is 0 Å². The van der Waals surface area contributed by atoms with E-state index < -0.39 is 0 Å². The molecule has 0 bridgehead atoms. The summed E-state index contributed by atoms with van der Waals surface area (Å²) in [6.45, 7) is 3.76. The fourth-order valence-corrected chi connectivity index (χ4v) is 1.38. The van der Waals surface area contributed by atoms with Gasteiger partial charge in [0, 0.05) is 18.0 Å². The van der Waals surface area contributed by atoms with Crippen molar-refractivity contribution < 1.29 is 0 Å². The van der Waals surface area contributed by atoms with Gasteiger partial charge in [-0.15, -0.1) is 0 Å². The second-order valence-electron chi connectivity index (χ2n) is 3.26. The normalized spacial score (nSPS) is 10.4. The van der Waals surface area contributed by atoms with E-state index >= 15 is 0 Å². The van der Waals surface area contributed by atoms with Crippen molar-refractivity contribution in [1.82, 2.24) is 14.8 Å². The number of aromatic amines is 1. The number of aromatic nitrogens is 3. The zero-order valence-corrected chi connectivity index (χ0v) is 8.11. The SMILES string of the molecule is Cc1cc(=O)n(-c2ncccc2C)[nH]1. The van der Waals surface area contributed by atoms with E-state index in [1.807, 2.05) is 26.0 Å². The molecule has 0 saturated heterocycles. The minimum Gasteiger partial charge on any atom is -0.294 e. The second kappa shape index (κ2) is 3.14. The summed E-state index contributed by atoms with van der Waals surface area (Å²) in [5.74, 6) is 0.658. The van der Waals surface area contributed by atoms with Crippen LogP contribution in [0.2, 0.25) is 0 Å². The molecule has 0 aliphatic carbocycles. The lowest BCUT2D eigenvalue weighted by Crippen LogP contribution is -2.15. The number of nitrogens with one attached hydrogen (secondary N) is 1. The molecule has 2 heterocycles. The Balaban J connectivity index is 2.66. The van der Waals surface area contributed by atoms with Gasteiger partial charge in [0.2, 0.25) is 0 Å². The van der Waals surface area contributed by atoms with Crippen LogP contribution in [-0.2, 0) is 0 Å². The van der Waals surface area contributed by atoms with Gasteiger partial charge in [-0.3, -0.25) is 9.89 Å². The first kappa shape index (κ1) is 8.74. The van der Waals surface area contributed by atoms with E-state index in [1.54, 1.807) is 12.3 Å². The number of H-pyrrole nitrogens is 1. The first-order valence-corrected chi connectivity index (χ1v) is 4.39. The molecule has 0 amide bonds. The Morgan fingerprint density at radius 2 is 2.21 bits per heavy atom. The van der Waals surface area contributed by atoms with Crippen molar-refractivity contribution >= 4 is 0 Å². The maximum atomic E-state index is 11.5. The summed E-state index contributed by atoms with van der Waals surface area (Å²) in [5, 5.41) is 2.94. The van der Waals surface area contributed by atoms with Crippen LogP contribution < -0.4 is 5.56 Å². The highest BCUT2D eigenvalue weighted by Crippen LogP contribution is 2.06. The molecule has 2 rings (SSSR count). The summed E-state index contributed by atoms with van der Waals surface area (Å²) in [6.07, 6.45) is 1.67. The van der Waals surface area contributed by atoms with Crippen LogP contribution in [0, 0.1) is 13.8 Å². The Morgan fingerprint density at radius 1 is 1.43 bits per heavy atom. The minimum atomic E-state index is -0.0794. The third kappa shape index (κ3) is 1.35. The monoisotopic (exact) mass is 189 g/mol. The fourth-order valence-electron chi connectivity index (χ4n) is 1.38. The Kier molecular flexibility index (Phi) is 1.96. The van der Waals surface area contributed by atoms with Crippen molar-refractivity contribution in [2.24, 2.45) is 0 Å². The molecule has 0 unspecified atom stereocenters. The van der Waals surface area contributed by atoms with Crippen LogP contribution in [0.1, 0.15) is 11.3 Å². The molecule has 4 heteroatoms. The van der Waals surface area contributed by atoms with Crippen molar-refractivity contribution in [3.63, 3.8) is 0 Å². The first-order valence-electron chi connectivity index (χ1n) is 4.39. The third-order valence-electron chi connectivity index (χ3n) is 2.04. The fraction of sp³-hybridized carbons (Fsp3) is 0.200. The minimum absolute atomic E-state index is 0.0794. The Bertz CT molecular complexity index is 510. The van der Waals surface area contributed by atoms with Crippen LogP contribution in [0.5, 0.6) is 0 Å². The summed E-state index contributed by atoms with van der Waals surface area (Å²) in [7, 11) is 0. The van der Waals surface area contributed by atoms with Crippen LogP contribution in [0.4, 0.5) is 0 Å². The summed E-state index contributed by atoms with van der Waals surface area (Å²) in [4.78, 5) is 15.6. The number of pyridine rings is 1. The van der Waals surface area contributed by atoms with Gasteiger partial charge in [-0.1, -0.05) is 6.07 Å². The second-order valence-corrected chi connectivity index (χ2v) is 3.26. The topological polar surface area (TPSA) is 50.7 Å². The molecule has 14 heavy (non-hydrogen) atoms. The molecule has 4 nitrogen and oxygen atoms in total. The molecule has 0 aliphatic rings. The molecule has 0 aliphatic heterocycles. The smallest absolute Gasteiger partial charge is 0.272 e. The van der Waals surface area contributed by atoms with E-state index in [0.29, 0.717) is 5.82 Å². The molecule has 0 aromatic carbocycles. The van der Waals surface area contributed by atoms with Crippen molar-refractivity contribution in [2.45, 2.75) is 13.8 Å². The van der Waals surface area contributed by atoms with E-state index in [-0.39, 0.29) is 5.56 Å². The molecule has 0 saturated carbocycles. The third-order valence-corrected chi connectivity index (χ3v) is 2.04. The van der Waals surface area contributed by atoms with Gasteiger partial charge in [-0.2, -0.15) is 0 Å². The predicted molar refractivity (Wildman–Crippen MR) is 53.7 cm³/mol. The molecule has 0 atom stereocenters. The zero-order valence-electron chi connectivity index (χ0n) is 8.11. The average Bonchev–Trinajstić information content (AvgIpc) is 2.46. The molecule has 2 aromatic heterocycles. The largest absolute Gasteiger partial charge is 0.294 e. The summed E-state index contributed by atoms with van der Waals surface area (Å²) < 4.78 is 1.45. The molecular weight excluding hydrogens is 178 g/mol. The lowest BCUT2D eigenvalue weighted by Gasteiger charge is -2.03. The molecule has 1 N–H and O–H groups in total. The molecule has 2 aromatic rings. The van der Waals surface area contributed by atoms with E-state index in [0.717, 1.165) is 11.3 Å². The van der Waals surface area contributed by atoms with Crippen molar-refractivity contribution in [1.29, 1.82) is 0 Å². The van der Waals surface area contributed by atoms with Crippen LogP contribution in [0.15, 0.2) is 29.2 Å². The average molecular weight is 189 g/mol. The highest BCUT2D eigenvalue weighted by molar-refractivity contribution is 5.31. The lowest BCUT2D eigenvalue weighted by molar-refractivity contribution is 0.800. The summed E-state index contributed by atoms with van der Waals surface area (Å²) in [6, 6.07) is 5.32. The number of hydrogen-bond donors (Lipinski definition) is 1. The maximum Gasteiger partial charge on any atom is 0.272 e. The Morgan fingerprint density at radius 3 is 2.79 bits per heavy atom. The van der Waals surface area contributed by atoms with Gasteiger partial charge in [-0.05, 0) is 25.5 Å². The maximum absolute atomic E-state index is 11.5. The van der Waals surface area contributed by atoms with Crippen molar-refractivity contribution in [3.05, 3.63) is 46.0 Å². The zero-order chi connectivity index (χ0) is 10.1. The number of hydrogen-bond acceptors (Lipinski definition) is 2. The molecule has 72 valence electrons. The first-order chi connectivity index (χ1) is 6.68. The summed E-state index contributed by atoms with van der Waals surface area (Å²) >= 11 is 0. The van der Waals surface area contributed by atoms with Gasteiger partial charge in [0.1, 0.15) is 0 Å². The van der Waals surface area contributed by atoms with Gasteiger partial charge in [0.25, 0.3) is 5.56 Å². The molecule has 0 radical (unpaired) electrons. The number of rotatable bonds is 1. The van der Waals surface area contributed by atoms with Crippen LogP contribution in [0.25, 0.3) is 5.82 Å².